The van der Waals surface area contributed by atoms with Crippen LogP contribution in [-0.2, 0) is 24.7 Å². The zero-order valence-corrected chi connectivity index (χ0v) is 21.1. The van der Waals surface area contributed by atoms with Gasteiger partial charge in [0.15, 0.2) is 5.60 Å². The fraction of sp³-hybridized carbons (Fsp3) is 0.636. The predicted molar refractivity (Wildman–Crippen MR) is 122 cm³/mol. The highest BCUT2D eigenvalue weighted by Crippen LogP contribution is 2.60. The van der Waals surface area contributed by atoms with Gasteiger partial charge in [0, 0.05) is 41.1 Å². The molecule has 9 heteroatoms. The Hall–Kier alpha value is -1.29. The minimum atomic E-state index is -3.19. The number of carbonyl (C=O) groups excluding carboxylic acids is 2. The summed E-state index contributed by atoms with van der Waals surface area (Å²) in [6.45, 7) is 5.51. The molecule has 1 spiro atoms. The summed E-state index contributed by atoms with van der Waals surface area (Å²) in [5, 5.41) is 9.57. The summed E-state index contributed by atoms with van der Waals surface area (Å²) in [7, 11) is -1.83. The van der Waals surface area contributed by atoms with Crippen molar-refractivity contribution in [1.29, 1.82) is 0 Å². The summed E-state index contributed by atoms with van der Waals surface area (Å²) < 4.78 is 27.3. The number of fused-ring (bicyclic) bond motifs is 2. The molecule has 1 saturated heterocycles. The van der Waals surface area contributed by atoms with Crippen LogP contribution in [0.1, 0.15) is 38.2 Å². The Morgan fingerprint density at radius 1 is 1.39 bits per heavy atom. The molecule has 2 aliphatic rings. The topological polar surface area (TPSA) is 76.1 Å². The van der Waals surface area contributed by atoms with E-state index in [0.29, 0.717) is 32.2 Å². The monoisotopic (exact) mass is 515 g/mol. The van der Waals surface area contributed by atoms with Crippen molar-refractivity contribution in [3.8, 4) is 0 Å². The lowest BCUT2D eigenvalue weighted by atomic mass is 9.82. The average molecular weight is 516 g/mol. The largest absolute Gasteiger partial charge is 0.469 e. The van der Waals surface area contributed by atoms with Gasteiger partial charge in [-0.3, -0.25) is 9.59 Å². The van der Waals surface area contributed by atoms with E-state index in [4.69, 9.17) is 4.74 Å². The molecule has 172 valence electrons. The van der Waals surface area contributed by atoms with E-state index in [0.717, 1.165) is 15.7 Å². The zero-order valence-electron chi connectivity index (χ0n) is 18.5. The lowest BCUT2D eigenvalue weighted by Gasteiger charge is -2.31. The first kappa shape index (κ1) is 24.4. The van der Waals surface area contributed by atoms with Crippen LogP contribution in [0.15, 0.2) is 22.7 Å². The zero-order chi connectivity index (χ0) is 23.0. The SMILES string of the molecule is COC(=O)CCCCN1C(=O)[C@]2(O[C@H](CCO)[C@@H]([Si](C)(C)F)[C@@H]2C)c2cc(Br)ccc21. The molecule has 1 fully saturated rings. The van der Waals surface area contributed by atoms with Gasteiger partial charge >= 0.3 is 5.97 Å². The number of unbranched alkanes of at least 4 members (excludes halogenated alkanes) is 1. The first-order chi connectivity index (χ1) is 14.6. The van der Waals surface area contributed by atoms with Crippen molar-refractivity contribution in [3.05, 3.63) is 28.2 Å². The maximum absolute atomic E-state index is 15.4. The summed E-state index contributed by atoms with van der Waals surface area (Å²) in [6.07, 6.45) is 1.32. The number of hydrogen-bond donors (Lipinski definition) is 1. The van der Waals surface area contributed by atoms with E-state index in [9.17, 15) is 14.7 Å². The molecular formula is C22H31BrFNO5Si. The Balaban J connectivity index is 1.96. The summed E-state index contributed by atoms with van der Waals surface area (Å²) in [5.74, 6) is -0.822. The molecule has 6 nitrogen and oxygen atoms in total. The number of aliphatic hydroxyl groups is 1. The van der Waals surface area contributed by atoms with Crippen LogP contribution in [0.5, 0.6) is 0 Å². The third-order valence-corrected chi connectivity index (χ3v) is 9.53. The van der Waals surface area contributed by atoms with Crippen LogP contribution in [0.4, 0.5) is 9.80 Å². The van der Waals surface area contributed by atoms with Crippen molar-refractivity contribution in [1.82, 2.24) is 0 Å². The Labute approximate surface area is 192 Å². The maximum Gasteiger partial charge on any atom is 0.305 e. The van der Waals surface area contributed by atoms with Crippen molar-refractivity contribution in [2.24, 2.45) is 5.92 Å². The molecule has 0 aromatic heterocycles. The molecule has 0 aliphatic carbocycles. The van der Waals surface area contributed by atoms with Crippen LogP contribution in [0.2, 0.25) is 18.6 Å². The van der Waals surface area contributed by atoms with Gasteiger partial charge in [-0.2, -0.15) is 0 Å². The van der Waals surface area contributed by atoms with E-state index in [1.807, 2.05) is 25.1 Å². The number of aliphatic hydroxyl groups excluding tert-OH is 1. The smallest absolute Gasteiger partial charge is 0.305 e. The standard InChI is InChI=1S/C22H31BrFNO5Si/c1-14-20(31(3,4)24)18(10-12-26)30-22(14)16-13-15(23)8-9-17(16)25(21(22)28)11-6-5-7-19(27)29-2/h8-9,13-14,18,20,26H,5-7,10-12H2,1-4H3/t14-,18+,20-,22+/m0/s1. The molecule has 31 heavy (non-hydrogen) atoms. The van der Waals surface area contributed by atoms with Crippen LogP contribution in [-0.4, -0.2) is 51.8 Å². The lowest BCUT2D eigenvalue weighted by molar-refractivity contribution is -0.146. The summed E-state index contributed by atoms with van der Waals surface area (Å²) in [4.78, 5) is 27.0. The number of hydrogen-bond acceptors (Lipinski definition) is 5. The van der Waals surface area contributed by atoms with E-state index in [-0.39, 0.29) is 24.4 Å². The van der Waals surface area contributed by atoms with Crippen LogP contribution in [0, 0.1) is 5.92 Å². The summed E-state index contributed by atoms with van der Waals surface area (Å²) >= 11 is 3.50. The molecule has 1 amide bonds. The molecule has 1 N–H and O–H groups in total. The number of nitrogens with zero attached hydrogens (tertiary/aromatic N) is 1. The minimum absolute atomic E-state index is 0.120. The quantitative estimate of drug-likeness (QED) is 0.242. The second-order valence-electron chi connectivity index (χ2n) is 8.93. The predicted octanol–water partition coefficient (Wildman–Crippen LogP) is 4.30. The number of halogens is 2. The van der Waals surface area contributed by atoms with E-state index in [1.54, 1.807) is 18.0 Å². The molecule has 4 atom stereocenters. The number of anilines is 1. The van der Waals surface area contributed by atoms with Crippen LogP contribution >= 0.6 is 15.9 Å². The van der Waals surface area contributed by atoms with Gasteiger partial charge in [-0.15, -0.1) is 0 Å². The fourth-order valence-corrected chi connectivity index (χ4v) is 8.18. The van der Waals surface area contributed by atoms with Crippen molar-refractivity contribution < 1.29 is 28.3 Å². The summed E-state index contributed by atoms with van der Waals surface area (Å²) in [5.41, 5.74) is -0.159. The average Bonchev–Trinajstić information content (AvgIpc) is 3.12. The first-order valence-corrected chi connectivity index (χ1v) is 14.5. The number of ether oxygens (including phenoxy) is 2. The van der Waals surface area contributed by atoms with Crippen molar-refractivity contribution >= 4 is 41.9 Å². The van der Waals surface area contributed by atoms with Gasteiger partial charge in [0.25, 0.3) is 5.91 Å². The molecule has 2 heterocycles. The van der Waals surface area contributed by atoms with Gasteiger partial charge < -0.3 is 23.6 Å². The molecule has 2 aliphatic heterocycles. The lowest BCUT2D eigenvalue weighted by Crippen LogP contribution is -2.45. The second-order valence-corrected chi connectivity index (χ2v) is 13.6. The van der Waals surface area contributed by atoms with E-state index >= 15 is 4.11 Å². The van der Waals surface area contributed by atoms with E-state index in [1.165, 1.54) is 7.11 Å². The fourth-order valence-electron chi connectivity index (χ4n) is 5.28. The number of benzene rings is 1. The highest BCUT2D eigenvalue weighted by atomic mass is 79.9. The molecule has 1 aromatic rings. The van der Waals surface area contributed by atoms with Crippen LogP contribution in [0.25, 0.3) is 0 Å². The minimum Gasteiger partial charge on any atom is -0.469 e. The number of rotatable bonds is 8. The number of esters is 1. The number of carbonyl (C=O) groups is 2. The van der Waals surface area contributed by atoms with Crippen molar-refractivity contribution in [2.45, 2.75) is 62.9 Å². The Bertz CT molecular complexity index is 848. The van der Waals surface area contributed by atoms with Gasteiger partial charge in [-0.1, -0.05) is 22.9 Å². The highest BCUT2D eigenvalue weighted by molar-refractivity contribution is 9.10. The van der Waals surface area contributed by atoms with Gasteiger partial charge in [-0.25, -0.2) is 0 Å². The van der Waals surface area contributed by atoms with E-state index in [2.05, 4.69) is 20.7 Å². The van der Waals surface area contributed by atoms with E-state index < -0.39 is 25.7 Å². The van der Waals surface area contributed by atoms with Gasteiger partial charge in [0.2, 0.25) is 8.41 Å². The first-order valence-electron chi connectivity index (χ1n) is 10.7. The van der Waals surface area contributed by atoms with Crippen LogP contribution < -0.4 is 4.90 Å². The molecule has 0 saturated carbocycles. The third kappa shape index (κ3) is 4.34. The van der Waals surface area contributed by atoms with Crippen LogP contribution in [0.3, 0.4) is 0 Å². The Morgan fingerprint density at radius 2 is 2.10 bits per heavy atom. The molecule has 0 bridgehead atoms. The summed E-state index contributed by atoms with van der Waals surface area (Å²) in [6, 6.07) is 5.65. The normalized spacial score (nSPS) is 27.8. The molecule has 0 radical (unpaired) electrons. The highest BCUT2D eigenvalue weighted by Gasteiger charge is 2.66. The van der Waals surface area contributed by atoms with Crippen molar-refractivity contribution in [3.63, 3.8) is 0 Å². The Morgan fingerprint density at radius 3 is 2.71 bits per heavy atom. The molecular weight excluding hydrogens is 485 g/mol. The number of amides is 1. The van der Waals surface area contributed by atoms with Gasteiger partial charge in [-0.05, 0) is 50.6 Å². The van der Waals surface area contributed by atoms with Gasteiger partial charge in [0.05, 0.1) is 18.9 Å². The third-order valence-electron chi connectivity index (χ3n) is 6.58. The second kappa shape index (κ2) is 9.29. The van der Waals surface area contributed by atoms with Gasteiger partial charge in [0.1, 0.15) is 0 Å². The van der Waals surface area contributed by atoms with Crippen molar-refractivity contribution in [2.75, 3.05) is 25.2 Å². The maximum atomic E-state index is 15.4. The number of methoxy groups -OCH3 is 1. The molecule has 0 unspecified atom stereocenters. The molecule has 3 rings (SSSR count). The molecule has 1 aromatic carbocycles. The Kier molecular flexibility index (Phi) is 7.30.